The van der Waals surface area contributed by atoms with Gasteiger partial charge in [0.15, 0.2) is 0 Å². The standard InChI is InChI=1S/C22H29NO5S/c1-3-23(4-2)20-15-12-19(13-16-20)14-17-21(24)9-8-18-27-29(25,26)28-22-10-6-5-7-11-22/h5-7,10-17,21,24H,3-4,8-9,18H2,1-2H3/b17-14+. The lowest BCUT2D eigenvalue weighted by Crippen LogP contribution is -2.21. The Bertz CT molecular complexity index is 847. The minimum atomic E-state index is -4.11. The molecule has 0 aromatic heterocycles. The molecule has 0 amide bonds. The second kappa shape index (κ2) is 11.6. The summed E-state index contributed by atoms with van der Waals surface area (Å²) in [6, 6.07) is 16.3. The SMILES string of the molecule is CCN(CC)c1ccc(/C=C/C(O)CCCOS(=O)(=O)Oc2ccccc2)cc1. The molecule has 2 aromatic carbocycles. The number of benzene rings is 2. The maximum atomic E-state index is 11.7. The van der Waals surface area contributed by atoms with Crippen molar-refractivity contribution >= 4 is 22.2 Å². The van der Waals surface area contributed by atoms with Gasteiger partial charge in [-0.3, -0.25) is 0 Å². The quantitative estimate of drug-likeness (QED) is 0.524. The van der Waals surface area contributed by atoms with Crippen molar-refractivity contribution in [3.63, 3.8) is 0 Å². The predicted octanol–water partition coefficient (Wildman–Crippen LogP) is 4.03. The molecule has 0 bridgehead atoms. The van der Waals surface area contributed by atoms with Crippen molar-refractivity contribution in [3.05, 3.63) is 66.2 Å². The Morgan fingerprint density at radius 2 is 1.69 bits per heavy atom. The van der Waals surface area contributed by atoms with Gasteiger partial charge in [-0.1, -0.05) is 42.5 Å². The Labute approximate surface area is 173 Å². The van der Waals surface area contributed by atoms with E-state index in [4.69, 9.17) is 8.37 Å². The van der Waals surface area contributed by atoms with Gasteiger partial charge in [0, 0.05) is 18.8 Å². The van der Waals surface area contributed by atoms with Gasteiger partial charge in [0.2, 0.25) is 0 Å². The molecular weight excluding hydrogens is 390 g/mol. The molecule has 0 fully saturated rings. The lowest BCUT2D eigenvalue weighted by atomic mass is 10.1. The van der Waals surface area contributed by atoms with E-state index in [0.29, 0.717) is 12.8 Å². The highest BCUT2D eigenvalue weighted by atomic mass is 32.3. The van der Waals surface area contributed by atoms with Crippen LogP contribution in [0.4, 0.5) is 5.69 Å². The van der Waals surface area contributed by atoms with Gasteiger partial charge in [0.25, 0.3) is 0 Å². The first-order chi connectivity index (χ1) is 13.9. The second-order valence-corrected chi connectivity index (χ2v) is 7.68. The van der Waals surface area contributed by atoms with Crippen molar-refractivity contribution in [2.45, 2.75) is 32.8 Å². The van der Waals surface area contributed by atoms with Crippen LogP contribution in [0.1, 0.15) is 32.3 Å². The Morgan fingerprint density at radius 1 is 1.03 bits per heavy atom. The summed E-state index contributed by atoms with van der Waals surface area (Å²) in [4.78, 5) is 2.26. The third-order valence-corrected chi connectivity index (χ3v) is 5.20. The third-order valence-electron chi connectivity index (χ3n) is 4.35. The molecular formula is C22H29NO5S. The van der Waals surface area contributed by atoms with E-state index in [-0.39, 0.29) is 12.4 Å². The number of aliphatic hydroxyl groups excluding tert-OH is 1. The molecule has 2 rings (SSSR count). The van der Waals surface area contributed by atoms with Gasteiger partial charge in [-0.05, 0) is 56.5 Å². The average Bonchev–Trinajstić information content (AvgIpc) is 2.72. The fourth-order valence-electron chi connectivity index (χ4n) is 2.77. The van der Waals surface area contributed by atoms with Gasteiger partial charge < -0.3 is 14.2 Å². The molecule has 7 heteroatoms. The zero-order chi connectivity index (χ0) is 21.1. The highest BCUT2D eigenvalue weighted by Gasteiger charge is 2.13. The minimum Gasteiger partial charge on any atom is -0.389 e. The summed E-state index contributed by atoms with van der Waals surface area (Å²) >= 11 is 0. The van der Waals surface area contributed by atoms with Gasteiger partial charge in [-0.2, -0.15) is 8.42 Å². The van der Waals surface area contributed by atoms with E-state index in [9.17, 15) is 13.5 Å². The molecule has 0 heterocycles. The summed E-state index contributed by atoms with van der Waals surface area (Å²) in [5.41, 5.74) is 2.17. The van der Waals surface area contributed by atoms with Gasteiger partial charge in [0.05, 0.1) is 12.7 Å². The molecule has 0 spiro atoms. The van der Waals surface area contributed by atoms with Crippen molar-refractivity contribution < 1.29 is 21.9 Å². The van der Waals surface area contributed by atoms with Crippen LogP contribution in [0.2, 0.25) is 0 Å². The Balaban J connectivity index is 1.73. The molecule has 0 saturated heterocycles. The first-order valence-electron chi connectivity index (χ1n) is 9.78. The number of rotatable bonds is 12. The highest BCUT2D eigenvalue weighted by Crippen LogP contribution is 2.16. The maximum absolute atomic E-state index is 11.7. The van der Waals surface area contributed by atoms with E-state index in [1.165, 1.54) is 17.8 Å². The van der Waals surface area contributed by atoms with Crippen molar-refractivity contribution in [3.8, 4) is 5.75 Å². The number of aliphatic hydroxyl groups is 1. The van der Waals surface area contributed by atoms with Crippen molar-refractivity contribution in [2.24, 2.45) is 0 Å². The topological polar surface area (TPSA) is 76.1 Å². The van der Waals surface area contributed by atoms with E-state index in [1.807, 2.05) is 18.2 Å². The summed E-state index contributed by atoms with van der Waals surface area (Å²) in [5, 5.41) is 10.1. The van der Waals surface area contributed by atoms with Crippen molar-refractivity contribution in [1.29, 1.82) is 0 Å². The van der Waals surface area contributed by atoms with Gasteiger partial charge in [-0.15, -0.1) is 0 Å². The fourth-order valence-corrected chi connectivity index (χ4v) is 3.49. The zero-order valence-corrected chi connectivity index (χ0v) is 17.7. The smallest absolute Gasteiger partial charge is 0.389 e. The predicted molar refractivity (Wildman–Crippen MR) is 116 cm³/mol. The summed E-state index contributed by atoms with van der Waals surface area (Å²) in [7, 11) is -4.11. The largest absolute Gasteiger partial charge is 0.449 e. The fraction of sp³-hybridized carbons (Fsp3) is 0.364. The summed E-state index contributed by atoms with van der Waals surface area (Å²) in [6.07, 6.45) is 3.63. The molecule has 1 N–H and O–H groups in total. The molecule has 6 nitrogen and oxygen atoms in total. The highest BCUT2D eigenvalue weighted by molar-refractivity contribution is 7.82. The van der Waals surface area contributed by atoms with E-state index >= 15 is 0 Å². The molecule has 2 aromatic rings. The molecule has 0 radical (unpaired) electrons. The van der Waals surface area contributed by atoms with Crippen LogP contribution in [0, 0.1) is 0 Å². The normalized spacial score (nSPS) is 12.8. The summed E-state index contributed by atoms with van der Waals surface area (Å²) in [6.45, 7) is 6.10. The molecule has 1 unspecified atom stereocenters. The molecule has 0 aliphatic carbocycles. The van der Waals surface area contributed by atoms with Crippen molar-refractivity contribution in [2.75, 3.05) is 24.6 Å². The Morgan fingerprint density at radius 3 is 2.31 bits per heavy atom. The first-order valence-corrected chi connectivity index (χ1v) is 11.1. The van der Waals surface area contributed by atoms with Crippen LogP contribution >= 0.6 is 0 Å². The lowest BCUT2D eigenvalue weighted by Gasteiger charge is -2.20. The molecule has 29 heavy (non-hydrogen) atoms. The van der Waals surface area contributed by atoms with Crippen LogP contribution < -0.4 is 9.08 Å². The molecule has 158 valence electrons. The zero-order valence-electron chi connectivity index (χ0n) is 16.9. The van der Waals surface area contributed by atoms with E-state index in [2.05, 4.69) is 30.9 Å². The number of hydrogen-bond donors (Lipinski definition) is 1. The average molecular weight is 420 g/mol. The molecule has 0 aliphatic rings. The number of nitrogens with zero attached hydrogens (tertiary/aromatic N) is 1. The van der Waals surface area contributed by atoms with Crippen LogP contribution in [0.5, 0.6) is 5.75 Å². The lowest BCUT2D eigenvalue weighted by molar-refractivity contribution is 0.192. The van der Waals surface area contributed by atoms with E-state index in [0.717, 1.165) is 18.7 Å². The van der Waals surface area contributed by atoms with Gasteiger partial charge >= 0.3 is 10.4 Å². The van der Waals surface area contributed by atoms with Crippen LogP contribution in [0.3, 0.4) is 0 Å². The van der Waals surface area contributed by atoms with Crippen LogP contribution in [-0.2, 0) is 14.6 Å². The summed E-state index contributed by atoms with van der Waals surface area (Å²) in [5.74, 6) is 0.197. The maximum Gasteiger partial charge on any atom is 0.449 e. The second-order valence-electron chi connectivity index (χ2n) is 6.46. The third kappa shape index (κ3) is 8.27. The Kier molecular flexibility index (Phi) is 9.18. The monoisotopic (exact) mass is 419 g/mol. The molecule has 0 aliphatic heterocycles. The van der Waals surface area contributed by atoms with Crippen LogP contribution in [0.15, 0.2) is 60.7 Å². The number of para-hydroxylation sites is 1. The van der Waals surface area contributed by atoms with Gasteiger partial charge in [-0.25, -0.2) is 4.18 Å². The Hall–Kier alpha value is -2.35. The van der Waals surface area contributed by atoms with Crippen LogP contribution in [0.25, 0.3) is 6.08 Å². The van der Waals surface area contributed by atoms with Crippen molar-refractivity contribution in [1.82, 2.24) is 0 Å². The minimum absolute atomic E-state index is 0.0569. The number of anilines is 1. The van der Waals surface area contributed by atoms with E-state index < -0.39 is 16.5 Å². The summed E-state index contributed by atoms with van der Waals surface area (Å²) < 4.78 is 33.1. The van der Waals surface area contributed by atoms with Gasteiger partial charge in [0.1, 0.15) is 5.75 Å². The molecule has 0 saturated carbocycles. The first kappa shape index (κ1) is 22.9. The van der Waals surface area contributed by atoms with Crippen LogP contribution in [-0.4, -0.2) is 39.3 Å². The molecule has 1 atom stereocenters. The van der Waals surface area contributed by atoms with E-state index in [1.54, 1.807) is 24.3 Å². The number of hydrogen-bond acceptors (Lipinski definition) is 6.